The number of rotatable bonds is 4. The summed E-state index contributed by atoms with van der Waals surface area (Å²) >= 11 is 0. The first-order valence-corrected chi connectivity index (χ1v) is 7.61. The van der Waals surface area contributed by atoms with E-state index in [2.05, 4.69) is 4.98 Å². The number of nitrogens with zero attached hydrogens (tertiary/aromatic N) is 1. The summed E-state index contributed by atoms with van der Waals surface area (Å²) in [6.45, 7) is 0. The molecule has 0 aromatic carbocycles. The fourth-order valence-corrected chi connectivity index (χ4v) is 3.82. The van der Waals surface area contributed by atoms with E-state index in [1.54, 1.807) is 12.1 Å². The van der Waals surface area contributed by atoms with Crippen LogP contribution in [0.3, 0.4) is 0 Å². The normalized spacial score (nSPS) is 18.4. The molecular formula is C13H17NO3S. The quantitative estimate of drug-likeness (QED) is 0.909. The fourth-order valence-electron chi connectivity index (χ4n) is 2.27. The van der Waals surface area contributed by atoms with Crippen LogP contribution in [0.15, 0.2) is 18.2 Å². The lowest BCUT2D eigenvalue weighted by atomic mass is 10.0. The van der Waals surface area contributed by atoms with Gasteiger partial charge in [-0.25, -0.2) is 9.78 Å². The molecule has 1 aliphatic rings. The van der Waals surface area contributed by atoms with Crippen molar-refractivity contribution in [2.75, 3.05) is 0 Å². The Morgan fingerprint density at radius 3 is 2.72 bits per heavy atom. The second kappa shape index (κ2) is 6.09. The Balaban J connectivity index is 2.02. The number of aromatic carboxylic acids is 1. The first-order chi connectivity index (χ1) is 8.66. The summed E-state index contributed by atoms with van der Waals surface area (Å²) in [5.41, 5.74) is 0.631. The molecule has 1 saturated carbocycles. The zero-order chi connectivity index (χ0) is 13.0. The van der Waals surface area contributed by atoms with Crippen LogP contribution in [0.4, 0.5) is 0 Å². The first kappa shape index (κ1) is 13.2. The Kier molecular flexibility index (Phi) is 4.47. The molecule has 5 heteroatoms. The molecule has 2 rings (SSSR count). The Morgan fingerprint density at radius 2 is 2.06 bits per heavy atom. The zero-order valence-electron chi connectivity index (χ0n) is 10.2. The minimum atomic E-state index is -1.04. The third-order valence-electron chi connectivity index (χ3n) is 3.24. The van der Waals surface area contributed by atoms with E-state index in [-0.39, 0.29) is 10.9 Å². The van der Waals surface area contributed by atoms with Crippen LogP contribution < -0.4 is 0 Å². The number of aromatic nitrogens is 1. The van der Waals surface area contributed by atoms with Gasteiger partial charge >= 0.3 is 5.97 Å². The zero-order valence-corrected chi connectivity index (χ0v) is 11.0. The van der Waals surface area contributed by atoms with Gasteiger partial charge in [0.25, 0.3) is 0 Å². The molecule has 4 nitrogen and oxygen atoms in total. The molecule has 1 aliphatic carbocycles. The van der Waals surface area contributed by atoms with Crippen LogP contribution in [0.25, 0.3) is 0 Å². The monoisotopic (exact) mass is 267 g/mol. The summed E-state index contributed by atoms with van der Waals surface area (Å²) in [6.07, 6.45) is 5.58. The van der Waals surface area contributed by atoms with Crippen molar-refractivity contribution in [1.82, 2.24) is 4.98 Å². The number of pyridine rings is 1. The maximum Gasteiger partial charge on any atom is 0.354 e. The van der Waals surface area contributed by atoms with Gasteiger partial charge in [0.15, 0.2) is 0 Å². The van der Waals surface area contributed by atoms with Crippen molar-refractivity contribution in [2.24, 2.45) is 0 Å². The van der Waals surface area contributed by atoms with Crippen molar-refractivity contribution in [3.8, 4) is 0 Å². The van der Waals surface area contributed by atoms with E-state index in [1.807, 2.05) is 0 Å². The van der Waals surface area contributed by atoms with Gasteiger partial charge in [-0.2, -0.15) is 0 Å². The van der Waals surface area contributed by atoms with E-state index in [0.717, 1.165) is 25.7 Å². The second-order valence-electron chi connectivity index (χ2n) is 4.60. The lowest BCUT2D eigenvalue weighted by Gasteiger charge is -2.20. The molecule has 0 radical (unpaired) electrons. The Morgan fingerprint density at radius 1 is 1.33 bits per heavy atom. The van der Waals surface area contributed by atoms with E-state index in [9.17, 15) is 9.00 Å². The fraction of sp³-hybridized carbons (Fsp3) is 0.538. The van der Waals surface area contributed by atoms with Gasteiger partial charge in [0, 0.05) is 16.0 Å². The highest BCUT2D eigenvalue weighted by molar-refractivity contribution is 7.84. The van der Waals surface area contributed by atoms with E-state index >= 15 is 0 Å². The molecule has 1 aromatic heterocycles. The Hall–Kier alpha value is -1.23. The van der Waals surface area contributed by atoms with Gasteiger partial charge < -0.3 is 5.11 Å². The molecule has 1 unspecified atom stereocenters. The lowest BCUT2D eigenvalue weighted by Crippen LogP contribution is -2.20. The minimum Gasteiger partial charge on any atom is -0.477 e. The van der Waals surface area contributed by atoms with Crippen LogP contribution in [0.2, 0.25) is 0 Å². The van der Waals surface area contributed by atoms with Crippen molar-refractivity contribution in [3.05, 3.63) is 29.6 Å². The van der Waals surface area contributed by atoms with Crippen molar-refractivity contribution in [2.45, 2.75) is 43.1 Å². The van der Waals surface area contributed by atoms with Crippen LogP contribution in [0.5, 0.6) is 0 Å². The minimum absolute atomic E-state index is 0.0214. The molecule has 0 spiro atoms. The topological polar surface area (TPSA) is 67.3 Å². The smallest absolute Gasteiger partial charge is 0.354 e. The average Bonchev–Trinajstić information content (AvgIpc) is 2.40. The molecule has 1 fully saturated rings. The summed E-state index contributed by atoms with van der Waals surface area (Å²) in [6, 6.07) is 4.85. The van der Waals surface area contributed by atoms with Crippen LogP contribution >= 0.6 is 0 Å². The van der Waals surface area contributed by atoms with E-state index < -0.39 is 16.8 Å². The standard InChI is InChI=1S/C13H17NO3S/c15-13(16)12-8-4-5-10(14-12)9-18(17)11-6-2-1-3-7-11/h4-5,8,11H,1-3,6-7,9H2,(H,15,16). The molecule has 1 N–H and O–H groups in total. The van der Waals surface area contributed by atoms with Crippen molar-refractivity contribution in [1.29, 1.82) is 0 Å². The van der Waals surface area contributed by atoms with E-state index in [1.165, 1.54) is 12.5 Å². The van der Waals surface area contributed by atoms with E-state index in [4.69, 9.17) is 5.11 Å². The molecule has 0 saturated heterocycles. The third kappa shape index (κ3) is 3.38. The summed E-state index contributed by atoms with van der Waals surface area (Å²) in [7, 11) is -0.934. The van der Waals surface area contributed by atoms with Gasteiger partial charge in [-0.05, 0) is 25.0 Å². The molecule has 18 heavy (non-hydrogen) atoms. The van der Waals surface area contributed by atoms with Crippen LogP contribution in [-0.4, -0.2) is 25.5 Å². The maximum absolute atomic E-state index is 12.2. The number of hydrogen-bond donors (Lipinski definition) is 1. The van der Waals surface area contributed by atoms with Crippen LogP contribution in [-0.2, 0) is 16.6 Å². The molecule has 1 aromatic rings. The first-order valence-electron chi connectivity index (χ1n) is 6.23. The van der Waals surface area contributed by atoms with Gasteiger partial charge in [-0.1, -0.05) is 25.3 Å². The van der Waals surface area contributed by atoms with Crippen molar-refractivity contribution < 1.29 is 14.1 Å². The number of carboxylic acid groups (broad SMARTS) is 1. The lowest BCUT2D eigenvalue weighted by molar-refractivity contribution is 0.0690. The Labute approximate surface area is 109 Å². The summed E-state index contributed by atoms with van der Waals surface area (Å²) < 4.78 is 12.2. The highest BCUT2D eigenvalue weighted by Gasteiger charge is 2.20. The molecular weight excluding hydrogens is 250 g/mol. The van der Waals surface area contributed by atoms with Crippen LogP contribution in [0, 0.1) is 0 Å². The van der Waals surface area contributed by atoms with Crippen molar-refractivity contribution in [3.63, 3.8) is 0 Å². The van der Waals surface area contributed by atoms with Gasteiger partial charge in [-0.15, -0.1) is 0 Å². The molecule has 0 aliphatic heterocycles. The number of hydrogen-bond acceptors (Lipinski definition) is 3. The summed E-state index contributed by atoms with van der Waals surface area (Å²) in [5.74, 6) is -0.675. The average molecular weight is 267 g/mol. The molecule has 98 valence electrons. The number of carboxylic acids is 1. The van der Waals surface area contributed by atoms with Gasteiger partial charge in [-0.3, -0.25) is 4.21 Å². The second-order valence-corrected chi connectivity index (χ2v) is 6.32. The molecule has 0 bridgehead atoms. The molecule has 1 heterocycles. The largest absolute Gasteiger partial charge is 0.477 e. The maximum atomic E-state index is 12.2. The Bertz CT molecular complexity index is 455. The van der Waals surface area contributed by atoms with Gasteiger partial charge in [0.2, 0.25) is 0 Å². The predicted molar refractivity (Wildman–Crippen MR) is 69.9 cm³/mol. The highest BCUT2D eigenvalue weighted by atomic mass is 32.2. The molecule has 1 atom stereocenters. The number of carbonyl (C=O) groups is 1. The summed E-state index contributed by atoms with van der Waals surface area (Å²) in [4.78, 5) is 14.8. The van der Waals surface area contributed by atoms with Crippen molar-refractivity contribution >= 4 is 16.8 Å². The van der Waals surface area contributed by atoms with E-state index in [0.29, 0.717) is 11.4 Å². The van der Waals surface area contributed by atoms with Crippen LogP contribution in [0.1, 0.15) is 48.3 Å². The predicted octanol–water partition coefficient (Wildman–Crippen LogP) is 2.36. The highest BCUT2D eigenvalue weighted by Crippen LogP contribution is 2.23. The summed E-state index contributed by atoms with van der Waals surface area (Å²) in [5, 5.41) is 9.11. The third-order valence-corrected chi connectivity index (χ3v) is 5.04. The van der Waals surface area contributed by atoms with Gasteiger partial charge in [0.05, 0.1) is 11.4 Å². The molecule has 0 amide bonds. The van der Waals surface area contributed by atoms with Gasteiger partial charge in [0.1, 0.15) is 5.69 Å². The SMILES string of the molecule is O=C(O)c1cccc(CS(=O)C2CCCCC2)n1.